The number of esters is 1. The zero-order valence-corrected chi connectivity index (χ0v) is 31.6. The number of hydrogen-bond donors (Lipinski definition) is 11. The summed E-state index contributed by atoms with van der Waals surface area (Å²) in [4.78, 5) is 13.4. The van der Waals surface area contributed by atoms with Gasteiger partial charge in [0.25, 0.3) is 0 Å². The van der Waals surface area contributed by atoms with Crippen LogP contribution in [0.2, 0.25) is 0 Å². The van der Waals surface area contributed by atoms with Gasteiger partial charge in [0, 0.05) is 0 Å². The molecule has 5 aliphatic heterocycles. The minimum atomic E-state index is -2.00. The number of ether oxygens (including phenoxy) is 9. The maximum absolute atomic E-state index is 13.4. The van der Waals surface area contributed by atoms with E-state index in [0.717, 1.165) is 21.5 Å². The number of aliphatic hydroxyl groups excluding tert-OH is 11. The first kappa shape index (κ1) is 43.5. The van der Waals surface area contributed by atoms with E-state index in [0.29, 0.717) is 0 Å². The van der Waals surface area contributed by atoms with E-state index in [4.69, 9.17) is 42.6 Å². The lowest BCUT2D eigenvalue weighted by Crippen LogP contribution is -2.67. The van der Waals surface area contributed by atoms with Crippen LogP contribution in [0, 0.1) is 0 Å². The molecule has 0 radical (unpaired) electrons. The Morgan fingerprint density at radius 1 is 0.500 bits per heavy atom. The molecule has 60 heavy (non-hydrogen) atoms. The summed E-state index contributed by atoms with van der Waals surface area (Å²) in [5.74, 6) is -0.805. The van der Waals surface area contributed by atoms with Crippen molar-refractivity contribution in [3.63, 3.8) is 0 Å². The molecule has 5 saturated heterocycles. The fraction of sp³-hybridized carbons (Fsp3) is 0.615. The second kappa shape index (κ2) is 17.9. The molecular formula is C39H48O21. The molecule has 8 bridgehead atoms. The van der Waals surface area contributed by atoms with E-state index in [-0.39, 0.29) is 5.56 Å². The summed E-state index contributed by atoms with van der Waals surface area (Å²) in [7, 11) is 0. The van der Waals surface area contributed by atoms with Gasteiger partial charge in [-0.05, 0) is 45.8 Å². The average molecular weight is 853 g/mol. The Morgan fingerprint density at radius 2 is 0.983 bits per heavy atom. The zero-order chi connectivity index (χ0) is 42.6. The second-order valence-corrected chi connectivity index (χ2v) is 15.5. The Labute approximate surface area is 340 Å². The molecule has 5 fully saturated rings. The van der Waals surface area contributed by atoms with E-state index in [1.807, 2.05) is 36.4 Å². The maximum atomic E-state index is 13.4. The van der Waals surface area contributed by atoms with Crippen LogP contribution < -0.4 is 0 Å². The highest BCUT2D eigenvalue weighted by Crippen LogP contribution is 2.34. The van der Waals surface area contributed by atoms with Gasteiger partial charge in [-0.15, -0.1) is 0 Å². The van der Waals surface area contributed by atoms with Crippen LogP contribution in [-0.4, -0.2) is 211 Å². The third-order valence-electron chi connectivity index (χ3n) is 11.6. The normalized spacial score (nSPS) is 44.1. The van der Waals surface area contributed by atoms with Gasteiger partial charge in [-0.3, -0.25) is 0 Å². The van der Waals surface area contributed by atoms with Gasteiger partial charge in [-0.1, -0.05) is 30.3 Å². The molecule has 5 aliphatic rings. The molecule has 0 aliphatic carbocycles. The molecule has 11 N–H and O–H groups in total. The molecule has 3 aromatic carbocycles. The van der Waals surface area contributed by atoms with Crippen LogP contribution in [-0.2, 0) is 42.6 Å². The Bertz CT molecular complexity index is 1950. The Kier molecular flexibility index (Phi) is 13.0. The SMILES string of the molecule is O=C(OC[C@H]1O[C@@H]2OC[C@H]3O[C@H](O[C@@H]4[C@@H](O)[C@@H](OC[C@H]5O[C@H](O[C@H]([C@H]2O)[C@@H]1O)[C@H](O)[C@@H](O)[C@@H]5O)O[C@H](CO)[C@H]4O)[C@H](O)[C@@H](O)[C@@H]3O)c1ccc2cc3ccccc3cc2c1. The van der Waals surface area contributed by atoms with Crippen molar-refractivity contribution in [2.45, 2.75) is 123 Å². The molecule has 8 rings (SSSR count). The van der Waals surface area contributed by atoms with E-state index in [1.54, 1.807) is 18.2 Å². The van der Waals surface area contributed by atoms with Crippen molar-refractivity contribution in [1.29, 1.82) is 0 Å². The standard InChI is InChI=1S/C39H48O21/c40-10-19-25(43)33-31(49)36(55-19)53-12-20-23(41)28(46)30(48)39(58-20)60-34-26(44)22(56-37(32(34)50)54-13-21-24(42)27(45)29(47)38(57-21)59-33)11-52-35(51)17-6-5-16-7-14-3-1-2-4-15(14)8-18(16)9-17/h1-9,19-34,36-50H,10-13H2/t19-,20-,21-,22-,23-,24-,25-,26-,27+,28+,29-,30-,31-,32-,33+,34+,36+,37+,38-,39-/m1/s1. The molecule has 5 heterocycles. The van der Waals surface area contributed by atoms with E-state index in [2.05, 4.69) is 0 Å². The molecule has 0 amide bonds. The predicted molar refractivity (Wildman–Crippen MR) is 195 cm³/mol. The largest absolute Gasteiger partial charge is 0.459 e. The summed E-state index contributed by atoms with van der Waals surface area (Å²) < 4.78 is 51.4. The smallest absolute Gasteiger partial charge is 0.338 e. The third-order valence-corrected chi connectivity index (χ3v) is 11.6. The highest BCUT2D eigenvalue weighted by atomic mass is 16.8. The number of aliphatic hydroxyl groups is 11. The van der Waals surface area contributed by atoms with Crippen LogP contribution in [0.4, 0.5) is 0 Å². The fourth-order valence-electron chi connectivity index (χ4n) is 8.02. The van der Waals surface area contributed by atoms with Crippen molar-refractivity contribution in [3.05, 3.63) is 60.2 Å². The lowest BCUT2D eigenvalue weighted by atomic mass is 9.96. The van der Waals surface area contributed by atoms with Crippen molar-refractivity contribution in [3.8, 4) is 0 Å². The minimum Gasteiger partial charge on any atom is -0.459 e. The first-order valence-electron chi connectivity index (χ1n) is 19.4. The number of hydrogen-bond acceptors (Lipinski definition) is 21. The van der Waals surface area contributed by atoms with E-state index < -0.39 is 155 Å². The molecular weight excluding hydrogens is 804 g/mol. The van der Waals surface area contributed by atoms with Crippen molar-refractivity contribution in [2.24, 2.45) is 0 Å². The average Bonchev–Trinajstić information content (AvgIpc) is 3.24. The van der Waals surface area contributed by atoms with Gasteiger partial charge in [0.2, 0.25) is 0 Å². The summed E-state index contributed by atoms with van der Waals surface area (Å²) in [5.41, 5.74) is 0.166. The van der Waals surface area contributed by atoms with Gasteiger partial charge < -0.3 is 98.8 Å². The van der Waals surface area contributed by atoms with Crippen LogP contribution in [0.25, 0.3) is 21.5 Å². The van der Waals surface area contributed by atoms with Crippen LogP contribution in [0.15, 0.2) is 54.6 Å². The summed E-state index contributed by atoms with van der Waals surface area (Å²) in [5, 5.41) is 123. The van der Waals surface area contributed by atoms with Crippen LogP contribution in [0.3, 0.4) is 0 Å². The summed E-state index contributed by atoms with van der Waals surface area (Å²) in [6.45, 7) is -2.92. The number of carbonyl (C=O) groups excluding carboxylic acids is 1. The molecule has 21 heteroatoms. The Morgan fingerprint density at radius 3 is 1.52 bits per heavy atom. The zero-order valence-electron chi connectivity index (χ0n) is 31.6. The topological polar surface area (TPSA) is 323 Å². The van der Waals surface area contributed by atoms with Gasteiger partial charge in [0.15, 0.2) is 25.2 Å². The third kappa shape index (κ3) is 8.38. The van der Waals surface area contributed by atoms with Crippen LogP contribution in [0.5, 0.6) is 0 Å². The first-order valence-corrected chi connectivity index (χ1v) is 19.4. The molecule has 330 valence electrons. The lowest BCUT2D eigenvalue weighted by Gasteiger charge is -2.48. The quantitative estimate of drug-likeness (QED) is 0.0870. The van der Waals surface area contributed by atoms with Gasteiger partial charge >= 0.3 is 5.97 Å². The molecule has 20 atom stereocenters. The van der Waals surface area contributed by atoms with Gasteiger partial charge in [-0.25, -0.2) is 4.79 Å². The van der Waals surface area contributed by atoms with E-state index in [1.165, 1.54) is 0 Å². The summed E-state index contributed by atoms with van der Waals surface area (Å²) in [6.07, 6.45) is -36.0. The number of carbonyl (C=O) groups is 1. The summed E-state index contributed by atoms with van der Waals surface area (Å²) in [6, 6.07) is 16.5. The van der Waals surface area contributed by atoms with Crippen LogP contribution in [0.1, 0.15) is 10.4 Å². The van der Waals surface area contributed by atoms with E-state index in [9.17, 15) is 61.0 Å². The number of fused-ring (bicyclic) bond motifs is 10. The fourth-order valence-corrected chi connectivity index (χ4v) is 8.02. The number of benzene rings is 3. The Balaban J connectivity index is 1.06. The molecule has 0 aromatic heterocycles. The van der Waals surface area contributed by atoms with Crippen molar-refractivity contribution in [2.75, 3.05) is 26.4 Å². The van der Waals surface area contributed by atoms with Gasteiger partial charge in [-0.2, -0.15) is 0 Å². The van der Waals surface area contributed by atoms with E-state index >= 15 is 0 Å². The first-order chi connectivity index (χ1) is 28.7. The monoisotopic (exact) mass is 852 g/mol. The highest BCUT2D eigenvalue weighted by Gasteiger charge is 2.55. The second-order valence-electron chi connectivity index (χ2n) is 15.5. The van der Waals surface area contributed by atoms with Crippen molar-refractivity contribution in [1.82, 2.24) is 0 Å². The van der Waals surface area contributed by atoms with Gasteiger partial charge in [0.05, 0.1) is 25.4 Å². The molecule has 0 saturated carbocycles. The molecule has 0 unspecified atom stereocenters. The predicted octanol–water partition coefficient (Wildman–Crippen LogP) is -4.53. The van der Waals surface area contributed by atoms with Crippen molar-refractivity contribution < 1.29 is 104 Å². The molecule has 21 nitrogen and oxygen atoms in total. The maximum Gasteiger partial charge on any atom is 0.338 e. The molecule has 0 spiro atoms. The number of rotatable bonds is 4. The lowest BCUT2D eigenvalue weighted by molar-refractivity contribution is -0.383. The van der Waals surface area contributed by atoms with Crippen molar-refractivity contribution >= 4 is 27.5 Å². The Hall–Kier alpha value is -3.11. The molecule has 3 aromatic rings. The van der Waals surface area contributed by atoms with Gasteiger partial charge in [0.1, 0.15) is 104 Å². The highest BCUT2D eigenvalue weighted by molar-refractivity contribution is 6.01. The summed E-state index contributed by atoms with van der Waals surface area (Å²) >= 11 is 0. The van der Waals surface area contributed by atoms with Crippen LogP contribution >= 0.6 is 0 Å². The minimum absolute atomic E-state index is 0.166.